The third-order valence-electron chi connectivity index (χ3n) is 6.98. The van der Waals surface area contributed by atoms with E-state index in [1.165, 1.54) is 17.7 Å². The molecular weight excluding hydrogens is 380 g/mol. The van der Waals surface area contributed by atoms with Crippen LogP contribution in [0.5, 0.6) is 0 Å². The van der Waals surface area contributed by atoms with Gasteiger partial charge in [-0.3, -0.25) is 4.79 Å². The summed E-state index contributed by atoms with van der Waals surface area (Å²) >= 11 is 0. The summed E-state index contributed by atoms with van der Waals surface area (Å²) in [6.07, 6.45) is 4.54. The van der Waals surface area contributed by atoms with E-state index in [2.05, 4.69) is 0 Å². The summed E-state index contributed by atoms with van der Waals surface area (Å²) < 4.78 is 32.7. The van der Waals surface area contributed by atoms with Crippen molar-refractivity contribution in [2.75, 3.05) is 18.0 Å². The van der Waals surface area contributed by atoms with Gasteiger partial charge in [0.15, 0.2) is 11.6 Å². The molecule has 1 aromatic heterocycles. The molecule has 0 bridgehead atoms. The van der Waals surface area contributed by atoms with Crippen LogP contribution in [0.25, 0.3) is 10.9 Å². The second-order valence-corrected chi connectivity index (χ2v) is 8.70. The van der Waals surface area contributed by atoms with Crippen LogP contribution in [0.4, 0.5) is 14.5 Å². The van der Waals surface area contributed by atoms with E-state index in [0.717, 1.165) is 25.7 Å². The summed E-state index contributed by atoms with van der Waals surface area (Å²) in [5.74, 6) is -2.23. The van der Waals surface area contributed by atoms with E-state index in [1.54, 1.807) is 4.90 Å². The molecule has 3 atom stereocenters. The topological polar surface area (TPSA) is 88.6 Å². The maximum atomic E-state index is 15.8. The lowest BCUT2D eigenvalue weighted by Crippen LogP contribution is -2.57. The smallest absolute Gasteiger partial charge is 0.341 e. The molecule has 3 N–H and O–H groups in total. The Morgan fingerprint density at radius 3 is 2.59 bits per heavy atom. The van der Waals surface area contributed by atoms with Crippen LogP contribution in [0.3, 0.4) is 0 Å². The zero-order valence-electron chi connectivity index (χ0n) is 16.1. The number of nitrogens with zero attached hydrogens (tertiary/aromatic N) is 2. The molecule has 154 valence electrons. The van der Waals surface area contributed by atoms with Crippen LogP contribution in [0.15, 0.2) is 11.0 Å². The summed E-state index contributed by atoms with van der Waals surface area (Å²) in [5.41, 5.74) is 4.68. The lowest BCUT2D eigenvalue weighted by Gasteiger charge is -2.50. The summed E-state index contributed by atoms with van der Waals surface area (Å²) in [7, 11) is 0. The fourth-order valence-corrected chi connectivity index (χ4v) is 5.11. The number of aromatic nitrogens is 1. The highest BCUT2D eigenvalue weighted by atomic mass is 19.1. The number of anilines is 1. The van der Waals surface area contributed by atoms with Gasteiger partial charge < -0.3 is 20.3 Å². The predicted molar refractivity (Wildman–Crippen MR) is 104 cm³/mol. The van der Waals surface area contributed by atoms with Gasteiger partial charge in [0.05, 0.1) is 10.9 Å². The fourth-order valence-electron chi connectivity index (χ4n) is 5.11. The quantitative estimate of drug-likeness (QED) is 0.823. The predicted octanol–water partition coefficient (Wildman–Crippen LogP) is 2.79. The minimum absolute atomic E-state index is 0.000989. The first-order valence-electron chi connectivity index (χ1n) is 10.1. The Kier molecular flexibility index (Phi) is 4.00. The third kappa shape index (κ3) is 2.61. The number of hydrogen-bond acceptors (Lipinski definition) is 4. The molecule has 0 radical (unpaired) electrons. The number of aromatic carboxylic acids is 1. The molecule has 2 saturated carbocycles. The molecule has 0 spiro atoms. The fraction of sp³-hybridized carbons (Fsp3) is 0.524. The zero-order valence-corrected chi connectivity index (χ0v) is 16.1. The van der Waals surface area contributed by atoms with Gasteiger partial charge in [0, 0.05) is 36.9 Å². The largest absolute Gasteiger partial charge is 0.477 e. The number of fused-ring (bicyclic) bond motifs is 2. The minimum Gasteiger partial charge on any atom is -0.477 e. The summed E-state index contributed by atoms with van der Waals surface area (Å²) in [4.78, 5) is 26.0. The summed E-state index contributed by atoms with van der Waals surface area (Å²) in [6.45, 7) is 2.45. The molecule has 1 aliphatic heterocycles. The van der Waals surface area contributed by atoms with Gasteiger partial charge >= 0.3 is 5.97 Å². The molecule has 5 rings (SSSR count). The first-order chi connectivity index (χ1) is 13.8. The number of benzene rings is 1. The van der Waals surface area contributed by atoms with Crippen molar-refractivity contribution >= 4 is 22.6 Å². The number of carboxylic acids is 1. The van der Waals surface area contributed by atoms with Gasteiger partial charge in [0.2, 0.25) is 5.43 Å². The second kappa shape index (κ2) is 6.26. The number of carbonyl (C=O) groups is 1. The van der Waals surface area contributed by atoms with Crippen LogP contribution in [0, 0.1) is 30.4 Å². The van der Waals surface area contributed by atoms with Crippen LogP contribution in [-0.2, 0) is 0 Å². The Morgan fingerprint density at radius 1 is 1.24 bits per heavy atom. The number of hydrogen-bond donors (Lipinski definition) is 2. The molecular formula is C21H23F2N3O3. The van der Waals surface area contributed by atoms with Crippen molar-refractivity contribution in [1.82, 2.24) is 4.57 Å². The first-order valence-corrected chi connectivity index (χ1v) is 10.1. The van der Waals surface area contributed by atoms with Crippen molar-refractivity contribution in [2.24, 2.45) is 17.6 Å². The molecule has 2 heterocycles. The van der Waals surface area contributed by atoms with Gasteiger partial charge in [-0.2, -0.15) is 0 Å². The minimum atomic E-state index is -1.39. The monoisotopic (exact) mass is 403 g/mol. The van der Waals surface area contributed by atoms with Crippen molar-refractivity contribution in [3.05, 3.63) is 39.2 Å². The Hall–Kier alpha value is -2.48. The van der Waals surface area contributed by atoms with Gasteiger partial charge in [-0.15, -0.1) is 0 Å². The molecule has 3 aliphatic rings. The Labute approximate surface area is 165 Å². The highest BCUT2D eigenvalue weighted by Gasteiger charge is 2.43. The Morgan fingerprint density at radius 2 is 1.97 bits per heavy atom. The average Bonchev–Trinajstić information content (AvgIpc) is 3.51. The van der Waals surface area contributed by atoms with Gasteiger partial charge in [0.1, 0.15) is 11.3 Å². The highest BCUT2D eigenvalue weighted by Crippen LogP contribution is 2.44. The number of halogens is 2. The van der Waals surface area contributed by atoms with Gasteiger partial charge in [-0.05, 0) is 44.4 Å². The molecule has 29 heavy (non-hydrogen) atoms. The second-order valence-electron chi connectivity index (χ2n) is 8.70. The normalized spacial score (nSPS) is 26.3. The summed E-state index contributed by atoms with van der Waals surface area (Å²) in [6, 6.07) is -0.0209. The average molecular weight is 403 g/mol. The molecule has 2 aromatic rings. The molecule has 8 heteroatoms. The van der Waals surface area contributed by atoms with E-state index in [4.69, 9.17) is 5.73 Å². The number of aryl methyl sites for hydroxylation is 1. The highest BCUT2D eigenvalue weighted by molar-refractivity contribution is 5.95. The zero-order chi connectivity index (χ0) is 20.6. The van der Waals surface area contributed by atoms with Crippen LogP contribution in [0.1, 0.15) is 47.6 Å². The number of nitrogens with two attached hydrogens (primary N) is 1. The van der Waals surface area contributed by atoms with Crippen LogP contribution >= 0.6 is 0 Å². The van der Waals surface area contributed by atoms with Crippen molar-refractivity contribution in [2.45, 2.75) is 44.7 Å². The van der Waals surface area contributed by atoms with E-state index < -0.39 is 28.6 Å². The van der Waals surface area contributed by atoms with Gasteiger partial charge in [-0.25, -0.2) is 13.6 Å². The van der Waals surface area contributed by atoms with Gasteiger partial charge in [-0.1, -0.05) is 0 Å². The van der Waals surface area contributed by atoms with E-state index in [1.807, 2.05) is 0 Å². The van der Waals surface area contributed by atoms with Crippen LogP contribution < -0.4 is 16.1 Å². The lowest BCUT2D eigenvalue weighted by atomic mass is 9.66. The lowest BCUT2D eigenvalue weighted by molar-refractivity contribution is 0.0695. The van der Waals surface area contributed by atoms with Crippen molar-refractivity contribution in [3.8, 4) is 0 Å². The molecule has 2 aliphatic carbocycles. The number of carboxylic acid groups (broad SMARTS) is 1. The van der Waals surface area contributed by atoms with E-state index in [-0.39, 0.29) is 40.2 Å². The number of rotatable bonds is 3. The standard InChI is InChI=1S/C21H23F2N3O3/c1-9-15-18(26(11-2-3-11)8-13(20(15)27)21(28)29)17(23)19(16(9)22)25-5-4-10-6-14(24)12(10)7-25/h8,10-12,14H,2-7,24H2,1H3,(H,28,29)/t10-,12-,14+/m0/s1. The van der Waals surface area contributed by atoms with Gasteiger partial charge in [0.25, 0.3) is 0 Å². The van der Waals surface area contributed by atoms with Crippen molar-refractivity contribution in [3.63, 3.8) is 0 Å². The summed E-state index contributed by atoms with van der Waals surface area (Å²) in [5, 5.41) is 9.23. The first kappa shape index (κ1) is 18.5. The molecule has 1 saturated heterocycles. The SMILES string of the molecule is Cc1c(F)c(N2CC[C@H]3C[C@@H](N)[C@H]3C2)c(F)c2c1c(=O)c(C(=O)O)cn2C1CC1. The number of piperidine rings is 1. The maximum absolute atomic E-state index is 15.8. The number of pyridine rings is 1. The van der Waals surface area contributed by atoms with E-state index >= 15 is 8.78 Å². The Balaban J connectivity index is 1.75. The molecule has 0 amide bonds. The molecule has 6 nitrogen and oxygen atoms in total. The van der Waals surface area contributed by atoms with E-state index in [0.29, 0.717) is 19.0 Å². The molecule has 0 unspecified atom stereocenters. The third-order valence-corrected chi connectivity index (χ3v) is 6.98. The van der Waals surface area contributed by atoms with Crippen LogP contribution in [0.2, 0.25) is 0 Å². The maximum Gasteiger partial charge on any atom is 0.341 e. The Bertz CT molecular complexity index is 1110. The van der Waals surface area contributed by atoms with Crippen LogP contribution in [-0.4, -0.2) is 34.8 Å². The molecule has 3 fully saturated rings. The van der Waals surface area contributed by atoms with Crippen molar-refractivity contribution in [1.29, 1.82) is 0 Å². The molecule has 1 aromatic carbocycles. The van der Waals surface area contributed by atoms with Crippen molar-refractivity contribution < 1.29 is 18.7 Å². The van der Waals surface area contributed by atoms with E-state index in [9.17, 15) is 14.7 Å².